The molecule has 1 unspecified atom stereocenters. The molecule has 0 spiro atoms. The maximum atomic E-state index is 11.0. The van der Waals surface area contributed by atoms with Gasteiger partial charge in [0, 0.05) is 30.2 Å². The molecule has 154 valence electrons. The van der Waals surface area contributed by atoms with E-state index in [4.69, 9.17) is 21.1 Å². The van der Waals surface area contributed by atoms with Gasteiger partial charge in [0.2, 0.25) is 5.88 Å². The van der Waals surface area contributed by atoms with Crippen molar-refractivity contribution in [2.45, 2.75) is 6.92 Å². The highest BCUT2D eigenvalue weighted by Crippen LogP contribution is 2.24. The molecule has 1 aromatic carbocycles. The Labute approximate surface area is 173 Å². The second-order valence-electron chi connectivity index (χ2n) is 6.51. The average Bonchev–Trinajstić information content (AvgIpc) is 3.00. The van der Waals surface area contributed by atoms with Crippen LogP contribution in [0.1, 0.15) is 5.56 Å². The molecule has 0 aliphatic carbocycles. The largest absolute Gasteiger partial charge is 0.477 e. The number of hydrogen-bond acceptors (Lipinski definition) is 7. The second-order valence-corrected chi connectivity index (χ2v) is 6.91. The number of pyridine rings is 1. The lowest BCUT2D eigenvalue weighted by Gasteiger charge is -2.15. The van der Waals surface area contributed by atoms with E-state index in [9.17, 15) is 4.79 Å². The molecule has 1 saturated heterocycles. The smallest absolute Gasteiger partial charge is 0.439 e. The average molecular weight is 419 g/mol. The number of aryl methyl sites for hydroxylation is 1. The number of H-pyrrole nitrogens is 1. The molecule has 1 atom stereocenters. The zero-order valence-corrected chi connectivity index (χ0v) is 16.8. The van der Waals surface area contributed by atoms with Crippen molar-refractivity contribution in [2.24, 2.45) is 5.92 Å². The van der Waals surface area contributed by atoms with Crippen molar-refractivity contribution in [3.8, 4) is 17.3 Å². The van der Waals surface area contributed by atoms with E-state index in [0.717, 1.165) is 23.7 Å². The van der Waals surface area contributed by atoms with Crippen LogP contribution in [0.3, 0.4) is 0 Å². The van der Waals surface area contributed by atoms with E-state index in [1.54, 1.807) is 18.3 Å². The van der Waals surface area contributed by atoms with Gasteiger partial charge >= 0.3 is 5.76 Å². The van der Waals surface area contributed by atoms with Crippen LogP contribution >= 0.6 is 11.6 Å². The lowest BCUT2D eigenvalue weighted by Crippen LogP contribution is -2.27. The maximum absolute atomic E-state index is 11.0. The van der Waals surface area contributed by atoms with Crippen molar-refractivity contribution in [1.29, 1.82) is 0 Å². The van der Waals surface area contributed by atoms with Crippen molar-refractivity contribution < 1.29 is 14.0 Å². The van der Waals surface area contributed by atoms with Crippen molar-refractivity contribution in [3.05, 3.63) is 63.7 Å². The van der Waals surface area contributed by atoms with Gasteiger partial charge in [-0.05, 0) is 30.7 Å². The summed E-state index contributed by atoms with van der Waals surface area (Å²) in [6.07, 6.45) is 1.62. The molecule has 9 heteroatoms. The highest BCUT2D eigenvalue weighted by atomic mass is 35.5. The first-order chi connectivity index (χ1) is 14.1. The number of halogens is 1. The topological polar surface area (TPSA) is 102 Å². The van der Waals surface area contributed by atoms with Crippen LogP contribution in [-0.4, -0.2) is 48.0 Å². The van der Waals surface area contributed by atoms with Gasteiger partial charge in [0.05, 0.1) is 25.4 Å². The lowest BCUT2D eigenvalue weighted by molar-refractivity contribution is 0.101. The van der Waals surface area contributed by atoms with Crippen LogP contribution in [0.15, 0.2) is 51.9 Å². The quantitative estimate of drug-likeness (QED) is 0.671. The number of benzene rings is 1. The molecule has 4 rings (SSSR count). The minimum atomic E-state index is -0.610. The van der Waals surface area contributed by atoms with E-state index in [1.165, 1.54) is 0 Å². The van der Waals surface area contributed by atoms with Gasteiger partial charge in [0.15, 0.2) is 5.82 Å². The zero-order valence-electron chi connectivity index (χ0n) is 16.1. The third-order valence-electron chi connectivity index (χ3n) is 4.21. The van der Waals surface area contributed by atoms with Gasteiger partial charge in [0.1, 0.15) is 0 Å². The second kappa shape index (κ2) is 10.8. The highest BCUT2D eigenvalue weighted by molar-refractivity contribution is 6.31. The molecule has 1 aliphatic heterocycles. The van der Waals surface area contributed by atoms with Gasteiger partial charge in [-0.3, -0.25) is 9.51 Å². The molecule has 0 amide bonds. The molecule has 29 heavy (non-hydrogen) atoms. The Hall–Kier alpha value is -2.68. The Morgan fingerprint density at radius 1 is 1.28 bits per heavy atom. The van der Waals surface area contributed by atoms with Crippen LogP contribution in [-0.2, 0) is 4.74 Å². The van der Waals surface area contributed by atoms with Gasteiger partial charge < -0.3 is 14.8 Å². The third kappa shape index (κ3) is 6.42. The maximum Gasteiger partial charge on any atom is 0.439 e. The molecule has 0 saturated carbocycles. The number of aromatic amines is 1. The Bertz CT molecular complexity index is 930. The predicted octanol–water partition coefficient (Wildman–Crippen LogP) is 2.69. The summed E-state index contributed by atoms with van der Waals surface area (Å²) >= 11 is 5.71. The van der Waals surface area contributed by atoms with Gasteiger partial charge in [-0.15, -0.1) is 0 Å². The third-order valence-corrected chi connectivity index (χ3v) is 4.63. The highest BCUT2D eigenvalue weighted by Gasteiger charge is 2.16. The summed E-state index contributed by atoms with van der Waals surface area (Å²) in [6, 6.07) is 11.3. The predicted molar refractivity (Wildman–Crippen MR) is 109 cm³/mol. The van der Waals surface area contributed by atoms with Crippen LogP contribution in [0.2, 0.25) is 5.02 Å². The summed E-state index contributed by atoms with van der Waals surface area (Å²) in [6.45, 7) is 5.51. The summed E-state index contributed by atoms with van der Waals surface area (Å²) in [7, 11) is 0. The van der Waals surface area contributed by atoms with Crippen molar-refractivity contribution >= 4 is 11.6 Å². The van der Waals surface area contributed by atoms with Crippen molar-refractivity contribution in [3.63, 3.8) is 0 Å². The van der Waals surface area contributed by atoms with Crippen LogP contribution in [0.25, 0.3) is 11.4 Å². The Morgan fingerprint density at radius 3 is 2.86 bits per heavy atom. The Kier molecular flexibility index (Phi) is 7.80. The molecule has 1 fully saturated rings. The van der Waals surface area contributed by atoms with Gasteiger partial charge in [-0.2, -0.15) is 0 Å². The summed E-state index contributed by atoms with van der Waals surface area (Å²) in [5.41, 5.74) is 1.72. The number of rotatable bonds is 4. The van der Waals surface area contributed by atoms with E-state index in [-0.39, 0.29) is 5.92 Å². The molecular formula is C20H23ClN4O4. The van der Waals surface area contributed by atoms with Gasteiger partial charge in [-0.1, -0.05) is 35.0 Å². The van der Waals surface area contributed by atoms with Crippen LogP contribution in [0.4, 0.5) is 0 Å². The monoisotopic (exact) mass is 418 g/mol. The Balaban J connectivity index is 0.000000252. The molecule has 0 bridgehead atoms. The molecular weight excluding hydrogens is 396 g/mol. The van der Waals surface area contributed by atoms with Crippen LogP contribution < -0.4 is 15.8 Å². The molecule has 2 N–H and O–H groups in total. The van der Waals surface area contributed by atoms with E-state index < -0.39 is 5.76 Å². The number of aromatic nitrogens is 3. The number of hydrogen-bond donors (Lipinski definition) is 2. The number of ether oxygens (including phenoxy) is 2. The van der Waals surface area contributed by atoms with Crippen molar-refractivity contribution in [2.75, 3.05) is 32.9 Å². The fourth-order valence-electron chi connectivity index (χ4n) is 2.65. The minimum absolute atomic E-state index is 0.249. The number of nitrogens with zero attached hydrogens (tertiary/aromatic N) is 2. The summed E-state index contributed by atoms with van der Waals surface area (Å²) < 4.78 is 15.7. The lowest BCUT2D eigenvalue weighted by atomic mass is 10.2. The molecule has 8 nitrogen and oxygen atoms in total. The molecule has 1 aliphatic rings. The van der Waals surface area contributed by atoms with Gasteiger partial charge in [-0.25, -0.2) is 9.78 Å². The fourth-order valence-corrected chi connectivity index (χ4v) is 2.78. The molecule has 3 aromatic rings. The first-order valence-electron chi connectivity index (χ1n) is 9.27. The van der Waals surface area contributed by atoms with E-state index in [2.05, 4.69) is 25.0 Å². The van der Waals surface area contributed by atoms with Crippen LogP contribution in [0.5, 0.6) is 5.88 Å². The SMILES string of the molecule is Cc1ccccc1Cl.O=c1[nH]c(-c2cccnc2OCC2CNCCOC2)no1. The first-order valence-corrected chi connectivity index (χ1v) is 9.65. The molecule has 0 radical (unpaired) electrons. The van der Waals surface area contributed by atoms with Gasteiger partial charge in [0.25, 0.3) is 0 Å². The van der Waals surface area contributed by atoms with Crippen molar-refractivity contribution in [1.82, 2.24) is 20.4 Å². The minimum Gasteiger partial charge on any atom is -0.477 e. The zero-order chi connectivity index (χ0) is 20.5. The number of nitrogens with one attached hydrogen (secondary N) is 2. The normalized spacial score (nSPS) is 16.4. The summed E-state index contributed by atoms with van der Waals surface area (Å²) in [5, 5.41) is 7.78. The molecule has 2 aromatic heterocycles. The van der Waals surface area contributed by atoms with E-state index in [0.29, 0.717) is 37.1 Å². The summed E-state index contributed by atoms with van der Waals surface area (Å²) in [4.78, 5) is 17.7. The van der Waals surface area contributed by atoms with E-state index >= 15 is 0 Å². The van der Waals surface area contributed by atoms with Crippen LogP contribution in [0, 0.1) is 12.8 Å². The first kappa shape index (κ1) is 21.0. The van der Waals surface area contributed by atoms with E-state index in [1.807, 2.05) is 31.2 Å². The summed E-state index contributed by atoms with van der Waals surface area (Å²) in [5.74, 6) is 0.351. The molecule has 3 heterocycles. The standard InChI is InChI=1S/C13H16N4O4.C7H7Cl/c18-13-16-11(17-21-13)10-2-1-3-15-12(10)20-8-9-6-14-4-5-19-7-9;1-6-4-2-3-5-7(6)8/h1-3,9,14H,4-8H2,(H,16,17,18);2-5H,1H3. The fraction of sp³-hybridized carbons (Fsp3) is 0.350. The Morgan fingerprint density at radius 2 is 2.14 bits per heavy atom.